The minimum atomic E-state index is 0.340. The molecule has 0 heterocycles. The smallest absolute Gasteiger partial charge is 0.0274 e. The molecule has 0 spiro atoms. The van der Waals surface area contributed by atoms with Gasteiger partial charge in [-0.15, -0.1) is 0 Å². The highest BCUT2D eigenvalue weighted by Crippen LogP contribution is 2.48. The maximum atomic E-state index is 2.40. The van der Waals surface area contributed by atoms with Crippen LogP contribution in [0.1, 0.15) is 35.1 Å². The highest BCUT2D eigenvalue weighted by atomic mass is 14.3. The lowest BCUT2D eigenvalue weighted by molar-refractivity contribution is 0.973. The molecule has 0 heteroatoms. The summed E-state index contributed by atoms with van der Waals surface area (Å²) in [6, 6.07) is 30.8. The van der Waals surface area contributed by atoms with Crippen molar-refractivity contribution in [3.05, 3.63) is 125 Å². The topological polar surface area (TPSA) is 0 Å². The van der Waals surface area contributed by atoms with Crippen LogP contribution < -0.4 is 0 Å². The average Bonchev–Trinajstić information content (AvgIpc) is 3.32. The van der Waals surface area contributed by atoms with Gasteiger partial charge in [-0.2, -0.15) is 0 Å². The van der Waals surface area contributed by atoms with Crippen molar-refractivity contribution in [2.75, 3.05) is 0 Å². The normalized spacial score (nSPS) is 17.1. The van der Waals surface area contributed by atoms with E-state index in [0.717, 1.165) is 0 Å². The first-order chi connectivity index (χ1) is 14.3. The first kappa shape index (κ1) is 16.6. The molecule has 1 unspecified atom stereocenters. The zero-order valence-corrected chi connectivity index (χ0v) is 16.4. The Labute approximate surface area is 171 Å². The van der Waals surface area contributed by atoms with E-state index in [1.807, 2.05) is 0 Å². The van der Waals surface area contributed by atoms with Crippen molar-refractivity contribution in [2.24, 2.45) is 0 Å². The Bertz CT molecular complexity index is 1330. The van der Waals surface area contributed by atoms with Gasteiger partial charge in [0.25, 0.3) is 0 Å². The third-order valence-electron chi connectivity index (χ3n) is 6.33. The summed E-state index contributed by atoms with van der Waals surface area (Å²) in [7, 11) is 0. The summed E-state index contributed by atoms with van der Waals surface area (Å²) in [4.78, 5) is 0. The van der Waals surface area contributed by atoms with Crippen LogP contribution in [0.5, 0.6) is 0 Å². The summed E-state index contributed by atoms with van der Waals surface area (Å²) < 4.78 is 0. The van der Waals surface area contributed by atoms with Crippen molar-refractivity contribution >= 4 is 22.9 Å². The minimum absolute atomic E-state index is 0.340. The largest absolute Gasteiger partial charge is 0.0619 e. The fraction of sp³-hybridized carbons (Fsp3) is 0.0690. The molecule has 2 aliphatic carbocycles. The van der Waals surface area contributed by atoms with Crippen molar-refractivity contribution < 1.29 is 0 Å². The Morgan fingerprint density at radius 3 is 2.24 bits per heavy atom. The molecule has 0 aromatic heterocycles. The summed E-state index contributed by atoms with van der Waals surface area (Å²) in [5.41, 5.74) is 10.9. The molecular formula is C29H21. The molecule has 0 N–H and O–H groups in total. The molecule has 6 rings (SSSR count). The molecule has 0 fully saturated rings. The number of hydrogen-bond donors (Lipinski definition) is 0. The van der Waals surface area contributed by atoms with E-state index in [1.54, 1.807) is 0 Å². The second-order valence-corrected chi connectivity index (χ2v) is 8.07. The van der Waals surface area contributed by atoms with E-state index in [9.17, 15) is 0 Å². The fourth-order valence-electron chi connectivity index (χ4n) is 5.03. The standard InChI is InChI=1S/C29H21/c1-19-16-28-26(25-13-6-11-20-8-4-5-12-24(20)25)14-7-15-27(28)29(19)23-17-21-9-2-3-10-22(21)18-23/h2-18,29H,1H3. The van der Waals surface area contributed by atoms with E-state index < -0.39 is 0 Å². The summed E-state index contributed by atoms with van der Waals surface area (Å²) in [6.45, 7) is 2.27. The van der Waals surface area contributed by atoms with Gasteiger partial charge in [0.1, 0.15) is 0 Å². The summed E-state index contributed by atoms with van der Waals surface area (Å²) in [6.07, 6.45) is 7.11. The summed E-state index contributed by atoms with van der Waals surface area (Å²) >= 11 is 0. The molecule has 4 aromatic rings. The lowest BCUT2D eigenvalue weighted by Crippen LogP contribution is -2.01. The van der Waals surface area contributed by atoms with Crippen molar-refractivity contribution in [1.82, 2.24) is 0 Å². The molecule has 1 atom stereocenters. The van der Waals surface area contributed by atoms with E-state index in [-0.39, 0.29) is 0 Å². The highest BCUT2D eigenvalue weighted by Gasteiger charge is 2.30. The first-order valence-electron chi connectivity index (χ1n) is 10.2. The number of fused-ring (bicyclic) bond motifs is 3. The molecule has 1 radical (unpaired) electrons. The maximum absolute atomic E-state index is 2.40. The number of allylic oxidation sites excluding steroid dienone is 2. The lowest BCUT2D eigenvalue weighted by Gasteiger charge is -2.17. The van der Waals surface area contributed by atoms with Crippen molar-refractivity contribution in [3.63, 3.8) is 0 Å². The predicted molar refractivity (Wildman–Crippen MR) is 124 cm³/mol. The third kappa shape index (κ3) is 2.53. The van der Waals surface area contributed by atoms with Gasteiger partial charge in [-0.3, -0.25) is 0 Å². The van der Waals surface area contributed by atoms with Crippen LogP contribution in [0, 0.1) is 6.42 Å². The van der Waals surface area contributed by atoms with Crippen molar-refractivity contribution in [3.8, 4) is 11.1 Å². The summed E-state index contributed by atoms with van der Waals surface area (Å²) in [5, 5.41) is 2.61. The average molecular weight is 369 g/mol. The predicted octanol–water partition coefficient (Wildman–Crippen LogP) is 7.66. The van der Waals surface area contributed by atoms with Gasteiger partial charge in [-0.25, -0.2) is 0 Å². The van der Waals surface area contributed by atoms with Crippen LogP contribution in [0.2, 0.25) is 0 Å². The van der Waals surface area contributed by atoms with Gasteiger partial charge in [0, 0.05) is 12.3 Å². The van der Waals surface area contributed by atoms with Crippen molar-refractivity contribution in [1.29, 1.82) is 0 Å². The quantitative estimate of drug-likeness (QED) is 0.340. The Morgan fingerprint density at radius 1 is 0.621 bits per heavy atom. The highest BCUT2D eigenvalue weighted by molar-refractivity contribution is 5.99. The number of hydrogen-bond acceptors (Lipinski definition) is 0. The Hall–Kier alpha value is -3.38. The Balaban J connectivity index is 1.50. The van der Waals surface area contributed by atoms with Gasteiger partial charge in [0.15, 0.2) is 0 Å². The Morgan fingerprint density at radius 2 is 1.34 bits per heavy atom. The zero-order valence-electron chi connectivity index (χ0n) is 16.4. The van der Waals surface area contributed by atoms with Gasteiger partial charge >= 0.3 is 0 Å². The molecule has 0 saturated heterocycles. The van der Waals surface area contributed by atoms with Gasteiger partial charge in [-0.1, -0.05) is 103 Å². The molecule has 0 amide bonds. The van der Waals surface area contributed by atoms with Crippen molar-refractivity contribution in [2.45, 2.75) is 12.8 Å². The van der Waals surface area contributed by atoms with Crippen LogP contribution in [0.15, 0.2) is 96.1 Å². The zero-order chi connectivity index (χ0) is 19.4. The van der Waals surface area contributed by atoms with Crippen LogP contribution in [0.4, 0.5) is 0 Å². The molecule has 137 valence electrons. The molecule has 29 heavy (non-hydrogen) atoms. The minimum Gasteiger partial charge on any atom is -0.0619 e. The lowest BCUT2D eigenvalue weighted by atomic mass is 9.86. The second kappa shape index (κ2) is 6.32. The Kier molecular flexibility index (Phi) is 3.61. The molecule has 4 aromatic carbocycles. The van der Waals surface area contributed by atoms with Gasteiger partial charge in [0.05, 0.1) is 0 Å². The number of benzene rings is 4. The van der Waals surface area contributed by atoms with Gasteiger partial charge < -0.3 is 0 Å². The van der Waals surface area contributed by atoms with Crippen LogP contribution in [0.3, 0.4) is 0 Å². The molecule has 0 aliphatic heterocycles. The second-order valence-electron chi connectivity index (χ2n) is 8.07. The van der Waals surface area contributed by atoms with Crippen LogP contribution in [-0.4, -0.2) is 0 Å². The van der Waals surface area contributed by atoms with E-state index in [4.69, 9.17) is 0 Å². The summed E-state index contributed by atoms with van der Waals surface area (Å²) in [5.74, 6) is 0.340. The molecule has 0 nitrogen and oxygen atoms in total. The van der Waals surface area contributed by atoms with E-state index in [2.05, 4.69) is 110 Å². The molecule has 2 aliphatic rings. The molecular weight excluding hydrogens is 348 g/mol. The number of rotatable bonds is 2. The van der Waals surface area contributed by atoms with E-state index >= 15 is 0 Å². The third-order valence-corrected chi connectivity index (χ3v) is 6.33. The fourth-order valence-corrected chi connectivity index (χ4v) is 5.03. The van der Waals surface area contributed by atoms with Crippen LogP contribution in [-0.2, 0) is 0 Å². The first-order valence-corrected chi connectivity index (χ1v) is 10.2. The van der Waals surface area contributed by atoms with Gasteiger partial charge in [0.2, 0.25) is 0 Å². The monoisotopic (exact) mass is 369 g/mol. The molecule has 0 saturated carbocycles. The van der Waals surface area contributed by atoms with Crippen LogP contribution >= 0.6 is 0 Å². The maximum Gasteiger partial charge on any atom is 0.0274 e. The van der Waals surface area contributed by atoms with Crippen LogP contribution in [0.25, 0.3) is 34.1 Å². The SMILES string of the molecule is CC1=Cc2c(-c3cccc4ccccc34)cccc2C1C1=Cc2ccccc2[CH]1. The molecule has 0 bridgehead atoms. The van der Waals surface area contributed by atoms with Gasteiger partial charge in [-0.05, 0) is 56.6 Å². The van der Waals surface area contributed by atoms with E-state index in [1.165, 1.54) is 55.3 Å². The van der Waals surface area contributed by atoms with E-state index in [0.29, 0.717) is 5.92 Å².